The highest BCUT2D eigenvalue weighted by Gasteiger charge is 2.30. The van der Waals surface area contributed by atoms with Crippen LogP contribution in [0.3, 0.4) is 0 Å². The molecule has 0 saturated carbocycles. The van der Waals surface area contributed by atoms with E-state index in [4.69, 9.17) is 10.7 Å². The van der Waals surface area contributed by atoms with Gasteiger partial charge in [-0.3, -0.25) is 4.84 Å². The summed E-state index contributed by atoms with van der Waals surface area (Å²) in [5, 5.41) is 0.866. The van der Waals surface area contributed by atoms with Gasteiger partial charge in [0, 0.05) is 0 Å². The van der Waals surface area contributed by atoms with E-state index in [1.807, 2.05) is 6.92 Å². The van der Waals surface area contributed by atoms with Crippen LogP contribution in [0.15, 0.2) is 24.3 Å². The summed E-state index contributed by atoms with van der Waals surface area (Å²) in [5.74, 6) is 5.49. The summed E-state index contributed by atoms with van der Waals surface area (Å²) >= 11 is 0. The number of anilines is 1. The molecular weight excluding hydrogens is 233 g/mol. The van der Waals surface area contributed by atoms with Crippen LogP contribution in [0.1, 0.15) is 25.3 Å². The number of rotatable bonds is 5. The van der Waals surface area contributed by atoms with Crippen molar-refractivity contribution in [2.45, 2.75) is 25.9 Å². The van der Waals surface area contributed by atoms with Gasteiger partial charge < -0.3 is 0 Å². The lowest BCUT2D eigenvalue weighted by molar-refractivity contribution is -0.137. The molecule has 2 N–H and O–H groups in total. The molecule has 0 aromatic heterocycles. The first-order chi connectivity index (χ1) is 7.95. The lowest BCUT2D eigenvalue weighted by Gasteiger charge is -2.18. The first kappa shape index (κ1) is 13.8. The molecule has 0 heterocycles. The van der Waals surface area contributed by atoms with Gasteiger partial charge in [-0.05, 0) is 24.6 Å². The summed E-state index contributed by atoms with van der Waals surface area (Å²) in [4.78, 5) is 5.08. The van der Waals surface area contributed by atoms with Crippen LogP contribution in [-0.4, -0.2) is 6.61 Å². The number of unbranched alkanes of at least 4 members (excludes halogenated alkanes) is 1. The van der Waals surface area contributed by atoms with Crippen LogP contribution in [0.2, 0.25) is 0 Å². The van der Waals surface area contributed by atoms with Crippen LogP contribution in [-0.2, 0) is 11.0 Å². The van der Waals surface area contributed by atoms with Gasteiger partial charge in [0.25, 0.3) is 0 Å². The van der Waals surface area contributed by atoms with Crippen molar-refractivity contribution in [1.29, 1.82) is 0 Å². The van der Waals surface area contributed by atoms with Gasteiger partial charge in [0.1, 0.15) is 0 Å². The molecule has 0 radical (unpaired) electrons. The molecule has 0 aliphatic rings. The number of hydrogen-bond acceptors (Lipinski definition) is 3. The second kappa shape index (κ2) is 5.88. The Balaban J connectivity index is 2.71. The molecule has 0 saturated heterocycles. The van der Waals surface area contributed by atoms with Crippen LogP contribution in [0.25, 0.3) is 0 Å². The molecule has 0 amide bonds. The second-order valence-electron chi connectivity index (χ2n) is 3.56. The van der Waals surface area contributed by atoms with Crippen LogP contribution in [0.5, 0.6) is 0 Å². The highest BCUT2D eigenvalue weighted by atomic mass is 19.4. The van der Waals surface area contributed by atoms with E-state index in [-0.39, 0.29) is 5.69 Å². The van der Waals surface area contributed by atoms with Crippen molar-refractivity contribution in [2.75, 3.05) is 11.8 Å². The Kier molecular flexibility index (Phi) is 4.77. The normalized spacial score (nSPS) is 11.6. The van der Waals surface area contributed by atoms with E-state index < -0.39 is 11.7 Å². The first-order valence-electron chi connectivity index (χ1n) is 5.30. The van der Waals surface area contributed by atoms with Gasteiger partial charge in [0.05, 0.1) is 17.9 Å². The third-order valence-electron chi connectivity index (χ3n) is 2.16. The lowest BCUT2D eigenvalue weighted by Crippen LogP contribution is -2.31. The summed E-state index contributed by atoms with van der Waals surface area (Å²) in [7, 11) is 0. The molecule has 0 atom stereocenters. The molecule has 6 heteroatoms. The van der Waals surface area contributed by atoms with Crippen molar-refractivity contribution in [3.05, 3.63) is 29.8 Å². The fraction of sp³-hybridized carbons (Fsp3) is 0.455. The second-order valence-corrected chi connectivity index (χ2v) is 3.56. The highest BCUT2D eigenvalue weighted by Crippen LogP contribution is 2.31. The summed E-state index contributed by atoms with van der Waals surface area (Å²) in [6, 6.07) is 4.69. The van der Waals surface area contributed by atoms with Crippen molar-refractivity contribution < 1.29 is 18.0 Å². The molecule has 0 aliphatic heterocycles. The van der Waals surface area contributed by atoms with Crippen molar-refractivity contribution >= 4 is 5.69 Å². The van der Waals surface area contributed by atoms with E-state index in [1.54, 1.807) is 0 Å². The molecule has 96 valence electrons. The maximum atomic E-state index is 12.4. The van der Waals surface area contributed by atoms with E-state index in [0.717, 1.165) is 30.1 Å². The summed E-state index contributed by atoms with van der Waals surface area (Å²) in [5.41, 5.74) is -0.569. The Labute approximate surface area is 97.9 Å². The number of hydrazine groups is 1. The molecule has 17 heavy (non-hydrogen) atoms. The zero-order valence-corrected chi connectivity index (χ0v) is 9.50. The first-order valence-corrected chi connectivity index (χ1v) is 5.30. The Morgan fingerprint density at radius 2 is 2.06 bits per heavy atom. The SMILES string of the molecule is CCCCON(N)c1cccc(C(F)(F)F)c1. The third kappa shape index (κ3) is 4.24. The number of halogens is 3. The van der Waals surface area contributed by atoms with Gasteiger partial charge in [-0.1, -0.05) is 19.4 Å². The minimum atomic E-state index is -4.37. The largest absolute Gasteiger partial charge is 0.416 e. The molecule has 0 spiro atoms. The van der Waals surface area contributed by atoms with Gasteiger partial charge in [-0.25, -0.2) is 5.84 Å². The minimum Gasteiger partial charge on any atom is -0.258 e. The summed E-state index contributed by atoms with van der Waals surface area (Å²) in [6.07, 6.45) is -2.65. The Morgan fingerprint density at radius 3 is 2.65 bits per heavy atom. The van der Waals surface area contributed by atoms with Gasteiger partial charge in [-0.2, -0.15) is 18.3 Å². The maximum absolute atomic E-state index is 12.4. The van der Waals surface area contributed by atoms with Crippen molar-refractivity contribution in [3.8, 4) is 0 Å². The van der Waals surface area contributed by atoms with E-state index in [0.29, 0.717) is 6.61 Å². The van der Waals surface area contributed by atoms with E-state index in [1.165, 1.54) is 12.1 Å². The average Bonchev–Trinajstić information content (AvgIpc) is 2.28. The Bertz CT molecular complexity index is 355. The van der Waals surface area contributed by atoms with Gasteiger partial charge in [-0.15, -0.1) is 0 Å². The van der Waals surface area contributed by atoms with Crippen LogP contribution in [0, 0.1) is 0 Å². The molecule has 0 aliphatic carbocycles. The molecule has 1 rings (SSSR count). The molecule has 0 unspecified atom stereocenters. The number of nitrogens with zero attached hydrogens (tertiary/aromatic N) is 1. The maximum Gasteiger partial charge on any atom is 0.416 e. The van der Waals surface area contributed by atoms with Crippen LogP contribution in [0.4, 0.5) is 18.9 Å². The van der Waals surface area contributed by atoms with Crippen LogP contribution >= 0.6 is 0 Å². The topological polar surface area (TPSA) is 38.5 Å². The highest BCUT2D eigenvalue weighted by molar-refractivity contribution is 5.45. The van der Waals surface area contributed by atoms with E-state index in [9.17, 15) is 13.2 Å². The molecular formula is C11H15F3N2O. The zero-order valence-electron chi connectivity index (χ0n) is 9.50. The van der Waals surface area contributed by atoms with Gasteiger partial charge >= 0.3 is 6.18 Å². The summed E-state index contributed by atoms with van der Waals surface area (Å²) < 4.78 is 37.3. The molecule has 1 aromatic carbocycles. The Morgan fingerprint density at radius 1 is 1.35 bits per heavy atom. The molecule has 1 aromatic rings. The predicted octanol–water partition coefficient (Wildman–Crippen LogP) is 3.12. The standard InChI is InChI=1S/C11H15F3N2O/c1-2-3-7-17-16(15)10-6-4-5-9(8-10)11(12,13)14/h4-6,8H,2-3,7,15H2,1H3. The molecule has 0 bridgehead atoms. The number of alkyl halides is 3. The fourth-order valence-electron chi connectivity index (χ4n) is 1.20. The Hall–Kier alpha value is -1.27. The van der Waals surface area contributed by atoms with Crippen molar-refractivity contribution in [3.63, 3.8) is 0 Å². The number of nitrogens with two attached hydrogens (primary N) is 1. The molecule has 3 nitrogen and oxygen atoms in total. The lowest BCUT2D eigenvalue weighted by atomic mass is 10.2. The number of hydrogen-bond donors (Lipinski definition) is 1. The minimum absolute atomic E-state index is 0.177. The number of benzene rings is 1. The van der Waals surface area contributed by atoms with Gasteiger partial charge in [0.2, 0.25) is 0 Å². The fourth-order valence-corrected chi connectivity index (χ4v) is 1.20. The predicted molar refractivity (Wildman–Crippen MR) is 59.0 cm³/mol. The van der Waals surface area contributed by atoms with Crippen LogP contribution < -0.4 is 11.0 Å². The van der Waals surface area contributed by atoms with Gasteiger partial charge in [0.15, 0.2) is 0 Å². The zero-order chi connectivity index (χ0) is 12.9. The third-order valence-corrected chi connectivity index (χ3v) is 2.16. The average molecular weight is 248 g/mol. The molecule has 0 fully saturated rings. The monoisotopic (exact) mass is 248 g/mol. The van der Waals surface area contributed by atoms with E-state index in [2.05, 4.69) is 0 Å². The van der Waals surface area contributed by atoms with Crippen molar-refractivity contribution in [1.82, 2.24) is 0 Å². The van der Waals surface area contributed by atoms with Crippen molar-refractivity contribution in [2.24, 2.45) is 5.84 Å². The smallest absolute Gasteiger partial charge is 0.258 e. The summed E-state index contributed by atoms with van der Waals surface area (Å²) in [6.45, 7) is 2.36. The van der Waals surface area contributed by atoms with E-state index >= 15 is 0 Å². The quantitative estimate of drug-likeness (QED) is 0.494.